The average Bonchev–Trinajstić information content (AvgIpc) is 2.41. The van der Waals surface area contributed by atoms with Crippen LogP contribution in [0.1, 0.15) is 15.9 Å². The van der Waals surface area contributed by atoms with Crippen molar-refractivity contribution in [2.24, 2.45) is 0 Å². The molecule has 0 aliphatic rings. The van der Waals surface area contributed by atoms with Gasteiger partial charge in [-0.15, -0.1) is 0 Å². The molecule has 6 nitrogen and oxygen atoms in total. The Morgan fingerprint density at radius 2 is 2.00 bits per heavy atom. The molecule has 2 aromatic rings. The highest BCUT2D eigenvalue weighted by molar-refractivity contribution is 6.43. The molecule has 21 heavy (non-hydrogen) atoms. The number of rotatable bonds is 3. The van der Waals surface area contributed by atoms with Crippen LogP contribution in [-0.4, -0.2) is 15.8 Å². The third-order valence-electron chi connectivity index (χ3n) is 2.60. The molecule has 0 saturated heterocycles. The summed E-state index contributed by atoms with van der Waals surface area (Å²) in [4.78, 5) is 26.2. The highest BCUT2D eigenvalue weighted by atomic mass is 35.5. The maximum Gasteiger partial charge on any atom is 0.290 e. The van der Waals surface area contributed by atoms with Crippen molar-refractivity contribution in [2.45, 2.75) is 6.92 Å². The molecule has 0 spiro atoms. The summed E-state index contributed by atoms with van der Waals surface area (Å²) in [5.41, 5.74) is 0.968. The van der Waals surface area contributed by atoms with E-state index in [-0.39, 0.29) is 15.6 Å². The van der Waals surface area contributed by atoms with Crippen LogP contribution >= 0.6 is 23.2 Å². The summed E-state index contributed by atoms with van der Waals surface area (Å²) in [6.45, 7) is 1.83. The lowest BCUT2D eigenvalue weighted by molar-refractivity contribution is -0.384. The summed E-state index contributed by atoms with van der Waals surface area (Å²) in [5.74, 6) is -0.538. The smallest absolute Gasteiger partial charge is 0.290 e. The standard InChI is InChI=1S/C13H9Cl2N3O3/c1-7-2-9(6-16-5-7)17-13(19)8-3-10(14)12(15)11(4-8)18(20)21/h2-6H,1H3,(H,17,19). The number of hydrogen-bond donors (Lipinski definition) is 1. The van der Waals surface area contributed by atoms with E-state index in [1.807, 2.05) is 6.92 Å². The predicted octanol–water partition coefficient (Wildman–Crippen LogP) is 3.86. The normalized spacial score (nSPS) is 10.2. The van der Waals surface area contributed by atoms with Crippen LogP contribution < -0.4 is 5.32 Å². The van der Waals surface area contributed by atoms with Crippen molar-refractivity contribution in [2.75, 3.05) is 5.32 Å². The fourth-order valence-corrected chi connectivity index (χ4v) is 2.06. The van der Waals surface area contributed by atoms with Gasteiger partial charge >= 0.3 is 0 Å². The first-order valence-corrected chi connectivity index (χ1v) is 6.50. The number of anilines is 1. The van der Waals surface area contributed by atoms with Gasteiger partial charge in [-0.25, -0.2) is 0 Å². The van der Waals surface area contributed by atoms with Gasteiger partial charge in [-0.2, -0.15) is 0 Å². The maximum atomic E-state index is 12.1. The van der Waals surface area contributed by atoms with Crippen LogP contribution in [0.2, 0.25) is 10.0 Å². The van der Waals surface area contributed by atoms with Crippen LogP contribution in [0.25, 0.3) is 0 Å². The van der Waals surface area contributed by atoms with Gasteiger partial charge in [0.15, 0.2) is 0 Å². The van der Waals surface area contributed by atoms with Crippen molar-refractivity contribution in [1.82, 2.24) is 4.98 Å². The van der Waals surface area contributed by atoms with Gasteiger partial charge in [-0.05, 0) is 24.6 Å². The van der Waals surface area contributed by atoms with E-state index in [0.717, 1.165) is 11.6 Å². The van der Waals surface area contributed by atoms with Gasteiger partial charge in [0.2, 0.25) is 0 Å². The van der Waals surface area contributed by atoms with Gasteiger partial charge in [0.25, 0.3) is 11.6 Å². The van der Waals surface area contributed by atoms with Gasteiger partial charge < -0.3 is 5.32 Å². The SMILES string of the molecule is Cc1cncc(NC(=O)c2cc(Cl)c(Cl)c([N+](=O)[O-])c2)c1. The number of carbonyl (C=O) groups excluding carboxylic acids is 1. The number of halogens is 2. The number of carbonyl (C=O) groups is 1. The zero-order chi connectivity index (χ0) is 15.6. The Morgan fingerprint density at radius 1 is 1.29 bits per heavy atom. The molecule has 1 aromatic heterocycles. The van der Waals surface area contributed by atoms with E-state index in [4.69, 9.17) is 23.2 Å². The Morgan fingerprint density at radius 3 is 2.62 bits per heavy atom. The molecule has 1 aromatic carbocycles. The van der Waals surface area contributed by atoms with Crippen molar-refractivity contribution in [1.29, 1.82) is 0 Å². The minimum Gasteiger partial charge on any atom is -0.321 e. The van der Waals surface area contributed by atoms with Crippen LogP contribution in [0.15, 0.2) is 30.6 Å². The summed E-state index contributed by atoms with van der Waals surface area (Å²) >= 11 is 11.5. The lowest BCUT2D eigenvalue weighted by Gasteiger charge is -2.07. The minimum absolute atomic E-state index is 0.0395. The molecule has 2 rings (SSSR count). The summed E-state index contributed by atoms with van der Waals surface area (Å²) in [5, 5.41) is 13.2. The molecule has 0 aliphatic heterocycles. The Hall–Kier alpha value is -2.18. The van der Waals surface area contributed by atoms with Crippen molar-refractivity contribution < 1.29 is 9.72 Å². The number of nitrogens with one attached hydrogen (secondary N) is 1. The number of amides is 1. The van der Waals surface area contributed by atoms with E-state index in [9.17, 15) is 14.9 Å². The molecular weight excluding hydrogens is 317 g/mol. The average molecular weight is 326 g/mol. The number of hydrogen-bond acceptors (Lipinski definition) is 4. The molecule has 8 heteroatoms. The van der Waals surface area contributed by atoms with Crippen LogP contribution in [0.5, 0.6) is 0 Å². The Labute approximate surface area is 129 Å². The first-order chi connectivity index (χ1) is 9.88. The first kappa shape index (κ1) is 15.2. The van der Waals surface area contributed by atoms with Crippen molar-refractivity contribution in [3.8, 4) is 0 Å². The van der Waals surface area contributed by atoms with Crippen LogP contribution in [0.3, 0.4) is 0 Å². The molecule has 0 saturated carbocycles. The van der Waals surface area contributed by atoms with Gasteiger partial charge in [-0.1, -0.05) is 23.2 Å². The van der Waals surface area contributed by atoms with E-state index < -0.39 is 16.5 Å². The summed E-state index contributed by atoms with van der Waals surface area (Å²) in [7, 11) is 0. The van der Waals surface area contributed by atoms with E-state index in [2.05, 4.69) is 10.3 Å². The highest BCUT2D eigenvalue weighted by Crippen LogP contribution is 2.33. The second kappa shape index (κ2) is 6.07. The largest absolute Gasteiger partial charge is 0.321 e. The molecule has 0 radical (unpaired) electrons. The Kier molecular flexibility index (Phi) is 4.40. The Balaban J connectivity index is 2.33. The summed E-state index contributed by atoms with van der Waals surface area (Å²) < 4.78 is 0. The molecule has 1 amide bonds. The number of nitro benzene ring substituents is 1. The fraction of sp³-hybridized carbons (Fsp3) is 0.0769. The van der Waals surface area contributed by atoms with E-state index in [1.54, 1.807) is 12.3 Å². The molecule has 108 valence electrons. The number of nitrogens with zero attached hydrogens (tertiary/aromatic N) is 2. The van der Waals surface area contributed by atoms with Crippen LogP contribution in [0, 0.1) is 17.0 Å². The molecule has 0 atom stereocenters. The van der Waals surface area contributed by atoms with E-state index >= 15 is 0 Å². The first-order valence-electron chi connectivity index (χ1n) is 5.75. The zero-order valence-corrected chi connectivity index (χ0v) is 12.3. The van der Waals surface area contributed by atoms with Gasteiger partial charge in [-0.3, -0.25) is 19.9 Å². The van der Waals surface area contributed by atoms with Gasteiger partial charge in [0, 0.05) is 17.8 Å². The van der Waals surface area contributed by atoms with Gasteiger partial charge in [0.05, 0.1) is 21.8 Å². The lowest BCUT2D eigenvalue weighted by Crippen LogP contribution is -2.12. The minimum atomic E-state index is -0.695. The third-order valence-corrected chi connectivity index (χ3v) is 3.39. The number of benzene rings is 1. The number of aryl methyl sites for hydroxylation is 1. The third kappa shape index (κ3) is 3.48. The van der Waals surface area contributed by atoms with E-state index in [0.29, 0.717) is 5.69 Å². The van der Waals surface area contributed by atoms with Gasteiger partial charge in [0.1, 0.15) is 5.02 Å². The molecule has 1 N–H and O–H groups in total. The fourth-order valence-electron chi connectivity index (χ4n) is 1.67. The molecule has 1 heterocycles. The number of aromatic nitrogens is 1. The summed E-state index contributed by atoms with van der Waals surface area (Å²) in [6.07, 6.45) is 3.11. The van der Waals surface area contributed by atoms with Crippen molar-refractivity contribution >= 4 is 40.5 Å². The second-order valence-electron chi connectivity index (χ2n) is 4.25. The number of pyridine rings is 1. The Bertz CT molecular complexity index is 735. The lowest BCUT2D eigenvalue weighted by atomic mass is 10.2. The highest BCUT2D eigenvalue weighted by Gasteiger charge is 2.20. The second-order valence-corrected chi connectivity index (χ2v) is 5.04. The summed E-state index contributed by atoms with van der Waals surface area (Å²) in [6, 6.07) is 4.07. The monoisotopic (exact) mass is 325 g/mol. The van der Waals surface area contributed by atoms with Crippen molar-refractivity contribution in [3.05, 3.63) is 61.9 Å². The quantitative estimate of drug-likeness (QED) is 0.685. The van der Waals surface area contributed by atoms with E-state index in [1.165, 1.54) is 12.3 Å². The molecular formula is C13H9Cl2N3O3. The predicted molar refractivity (Wildman–Crippen MR) is 80.0 cm³/mol. The number of nitro groups is 1. The van der Waals surface area contributed by atoms with Crippen molar-refractivity contribution in [3.63, 3.8) is 0 Å². The molecule has 0 fully saturated rings. The topological polar surface area (TPSA) is 85.1 Å². The maximum absolute atomic E-state index is 12.1. The molecule has 0 bridgehead atoms. The molecule has 0 aliphatic carbocycles. The van der Waals surface area contributed by atoms with Crippen LogP contribution in [-0.2, 0) is 0 Å². The molecule has 0 unspecified atom stereocenters. The zero-order valence-electron chi connectivity index (χ0n) is 10.8. The van der Waals surface area contributed by atoms with Crippen LogP contribution in [0.4, 0.5) is 11.4 Å².